The Labute approximate surface area is 175 Å². The Kier molecular flexibility index (Phi) is 6.45. The standard InChI is InChI=1S/C21H20BrFO4S/c1-11-4-7-13(8-5-11)20(24)27-17-16(23)19(22)28-18(17)15-10-12(2)6-9-14(15)21(25)26-3/h4-10,16-19H,1-3H3/t16-,17-,18+,19-/m0/s1. The lowest BCUT2D eigenvalue weighted by Crippen LogP contribution is -2.31. The Morgan fingerprint density at radius 2 is 1.68 bits per heavy atom. The van der Waals surface area contributed by atoms with Crippen molar-refractivity contribution in [3.63, 3.8) is 0 Å². The summed E-state index contributed by atoms with van der Waals surface area (Å²) in [5.41, 5.74) is 3.23. The lowest BCUT2D eigenvalue weighted by Gasteiger charge is -2.23. The first-order valence-electron chi connectivity index (χ1n) is 8.72. The maximum Gasteiger partial charge on any atom is 0.338 e. The molecule has 4 atom stereocenters. The van der Waals surface area contributed by atoms with E-state index in [2.05, 4.69) is 15.9 Å². The molecule has 0 radical (unpaired) electrons. The zero-order valence-electron chi connectivity index (χ0n) is 15.6. The van der Waals surface area contributed by atoms with E-state index in [0.717, 1.165) is 11.1 Å². The number of benzene rings is 2. The predicted molar refractivity (Wildman–Crippen MR) is 111 cm³/mol. The summed E-state index contributed by atoms with van der Waals surface area (Å²) < 4.78 is 24.8. The molecule has 0 amide bonds. The van der Waals surface area contributed by atoms with Crippen molar-refractivity contribution in [2.45, 2.75) is 35.5 Å². The Bertz CT molecular complexity index is 886. The van der Waals surface area contributed by atoms with Crippen molar-refractivity contribution in [3.8, 4) is 0 Å². The van der Waals surface area contributed by atoms with Crippen LogP contribution in [-0.4, -0.2) is 35.5 Å². The number of aryl methyl sites for hydroxylation is 2. The Balaban J connectivity index is 1.94. The van der Waals surface area contributed by atoms with Crippen molar-refractivity contribution in [2.24, 2.45) is 0 Å². The normalized spacial score (nSPS) is 24.0. The molecule has 0 bridgehead atoms. The molecule has 7 heteroatoms. The van der Waals surface area contributed by atoms with E-state index in [9.17, 15) is 14.0 Å². The summed E-state index contributed by atoms with van der Waals surface area (Å²) in [5, 5.41) is -0.539. The van der Waals surface area contributed by atoms with Gasteiger partial charge in [0.1, 0.15) is 0 Å². The number of esters is 2. The average Bonchev–Trinajstić information content (AvgIpc) is 2.96. The summed E-state index contributed by atoms with van der Waals surface area (Å²) in [4.78, 5) is 24.8. The molecule has 1 fully saturated rings. The highest BCUT2D eigenvalue weighted by atomic mass is 79.9. The molecule has 1 aliphatic heterocycles. The van der Waals surface area contributed by atoms with Gasteiger partial charge < -0.3 is 9.47 Å². The molecule has 28 heavy (non-hydrogen) atoms. The number of alkyl halides is 2. The van der Waals surface area contributed by atoms with E-state index in [4.69, 9.17) is 9.47 Å². The molecule has 0 spiro atoms. The molecule has 148 valence electrons. The predicted octanol–water partition coefficient (Wildman–Crippen LogP) is 5.16. The lowest BCUT2D eigenvalue weighted by molar-refractivity contribution is 0.0119. The average molecular weight is 467 g/mol. The maximum atomic E-state index is 14.9. The third-order valence-corrected chi connectivity index (χ3v) is 7.08. The largest absolute Gasteiger partial charge is 0.465 e. The topological polar surface area (TPSA) is 52.6 Å². The molecule has 4 nitrogen and oxygen atoms in total. The molecule has 1 aliphatic rings. The maximum absolute atomic E-state index is 14.9. The van der Waals surface area contributed by atoms with Gasteiger partial charge in [0.05, 0.1) is 27.6 Å². The van der Waals surface area contributed by atoms with Crippen molar-refractivity contribution < 1.29 is 23.5 Å². The van der Waals surface area contributed by atoms with Crippen LogP contribution < -0.4 is 0 Å². The summed E-state index contributed by atoms with van der Waals surface area (Å²) in [6, 6.07) is 12.2. The van der Waals surface area contributed by atoms with Crippen LogP contribution in [0.2, 0.25) is 0 Å². The highest BCUT2D eigenvalue weighted by Crippen LogP contribution is 2.51. The minimum atomic E-state index is -1.42. The van der Waals surface area contributed by atoms with E-state index < -0.39 is 33.6 Å². The molecule has 0 aliphatic carbocycles. The van der Waals surface area contributed by atoms with Crippen molar-refractivity contribution >= 4 is 39.6 Å². The minimum Gasteiger partial charge on any atom is -0.465 e. The highest BCUT2D eigenvalue weighted by Gasteiger charge is 2.48. The second kappa shape index (κ2) is 8.66. The Morgan fingerprint density at radius 3 is 2.32 bits per heavy atom. The summed E-state index contributed by atoms with van der Waals surface area (Å²) in [6.45, 7) is 3.80. The summed E-state index contributed by atoms with van der Waals surface area (Å²) in [6.07, 6.45) is -2.45. The number of ether oxygens (including phenoxy) is 2. The lowest BCUT2D eigenvalue weighted by atomic mass is 9.97. The summed E-state index contributed by atoms with van der Waals surface area (Å²) >= 11 is 4.60. The van der Waals surface area contributed by atoms with Crippen LogP contribution in [0.1, 0.15) is 42.7 Å². The monoisotopic (exact) mass is 466 g/mol. The molecule has 0 saturated carbocycles. The van der Waals surface area contributed by atoms with Crippen LogP contribution in [0.4, 0.5) is 4.39 Å². The van der Waals surface area contributed by atoms with Gasteiger partial charge in [0, 0.05) is 0 Å². The van der Waals surface area contributed by atoms with Crippen molar-refractivity contribution in [3.05, 3.63) is 70.3 Å². The van der Waals surface area contributed by atoms with E-state index in [-0.39, 0.29) is 0 Å². The van der Waals surface area contributed by atoms with Crippen LogP contribution in [0.3, 0.4) is 0 Å². The van der Waals surface area contributed by atoms with E-state index in [1.807, 2.05) is 19.9 Å². The van der Waals surface area contributed by atoms with E-state index in [1.54, 1.807) is 36.4 Å². The fraction of sp³-hybridized carbons (Fsp3) is 0.333. The summed E-state index contributed by atoms with van der Waals surface area (Å²) in [5.74, 6) is -1.10. The number of rotatable bonds is 4. The Hall–Kier alpha value is -1.86. The minimum absolute atomic E-state index is 0.343. The molecule has 0 unspecified atom stereocenters. The van der Waals surface area contributed by atoms with Gasteiger partial charge in [-0.15, -0.1) is 11.8 Å². The fourth-order valence-electron chi connectivity index (χ4n) is 3.08. The second-order valence-corrected chi connectivity index (χ2v) is 9.55. The van der Waals surface area contributed by atoms with Crippen molar-refractivity contribution in [1.29, 1.82) is 0 Å². The molecule has 2 aromatic rings. The van der Waals surface area contributed by atoms with Crippen LogP contribution in [0, 0.1) is 13.8 Å². The number of hydrogen-bond donors (Lipinski definition) is 0. The summed E-state index contributed by atoms with van der Waals surface area (Å²) in [7, 11) is 1.30. The van der Waals surface area contributed by atoms with Crippen LogP contribution >= 0.6 is 27.7 Å². The molecule has 0 N–H and O–H groups in total. The molecular weight excluding hydrogens is 447 g/mol. The number of methoxy groups -OCH3 is 1. The smallest absolute Gasteiger partial charge is 0.338 e. The molecule has 2 aromatic carbocycles. The van der Waals surface area contributed by atoms with Crippen LogP contribution in [0.25, 0.3) is 0 Å². The number of carbonyl (C=O) groups excluding carboxylic acids is 2. The highest BCUT2D eigenvalue weighted by molar-refractivity contribution is 9.11. The van der Waals surface area contributed by atoms with Gasteiger partial charge in [-0.1, -0.05) is 51.3 Å². The van der Waals surface area contributed by atoms with Gasteiger partial charge in [-0.25, -0.2) is 14.0 Å². The van der Waals surface area contributed by atoms with Gasteiger partial charge >= 0.3 is 11.9 Å². The first-order chi connectivity index (χ1) is 13.3. The molecule has 1 saturated heterocycles. The number of thioether (sulfide) groups is 1. The van der Waals surface area contributed by atoms with Crippen molar-refractivity contribution in [1.82, 2.24) is 0 Å². The van der Waals surface area contributed by atoms with E-state index >= 15 is 0 Å². The van der Waals surface area contributed by atoms with Gasteiger partial charge in [0.2, 0.25) is 0 Å². The first kappa shape index (κ1) is 20.9. The number of halogens is 2. The van der Waals surface area contributed by atoms with E-state index in [0.29, 0.717) is 16.7 Å². The molecule has 1 heterocycles. The Morgan fingerprint density at radius 1 is 1.04 bits per heavy atom. The van der Waals surface area contributed by atoms with Crippen molar-refractivity contribution in [2.75, 3.05) is 7.11 Å². The molecule has 0 aromatic heterocycles. The first-order valence-corrected chi connectivity index (χ1v) is 10.6. The van der Waals surface area contributed by atoms with Crippen LogP contribution in [0.15, 0.2) is 42.5 Å². The number of carbonyl (C=O) groups is 2. The van der Waals surface area contributed by atoms with Crippen LogP contribution in [-0.2, 0) is 9.47 Å². The van der Waals surface area contributed by atoms with Gasteiger partial charge in [-0.2, -0.15) is 0 Å². The zero-order valence-corrected chi connectivity index (χ0v) is 18.1. The van der Waals surface area contributed by atoms with Gasteiger partial charge in [-0.3, -0.25) is 0 Å². The zero-order chi connectivity index (χ0) is 20.4. The van der Waals surface area contributed by atoms with Gasteiger partial charge in [0.15, 0.2) is 12.3 Å². The molecular formula is C21H20BrFO4S. The second-order valence-electron chi connectivity index (χ2n) is 6.67. The molecule has 3 rings (SSSR count). The SMILES string of the molecule is COC(=O)c1ccc(C)cc1[C@H]1S[C@H](Br)[C@@H](F)[C@@H]1OC(=O)c1ccc(C)cc1. The third kappa shape index (κ3) is 4.25. The fourth-order valence-corrected chi connectivity index (χ4v) is 5.37. The van der Waals surface area contributed by atoms with Gasteiger partial charge in [-0.05, 0) is 37.6 Å². The number of hydrogen-bond acceptors (Lipinski definition) is 5. The van der Waals surface area contributed by atoms with E-state index in [1.165, 1.54) is 18.9 Å². The van der Waals surface area contributed by atoms with Crippen LogP contribution in [0.5, 0.6) is 0 Å². The third-order valence-electron chi connectivity index (χ3n) is 4.59. The van der Waals surface area contributed by atoms with Gasteiger partial charge in [0.25, 0.3) is 0 Å². The quantitative estimate of drug-likeness (QED) is 0.459.